The van der Waals surface area contributed by atoms with Gasteiger partial charge in [0.15, 0.2) is 0 Å². The molecule has 4 heteroatoms. The van der Waals surface area contributed by atoms with Gasteiger partial charge in [-0.05, 0) is 40.5 Å². The van der Waals surface area contributed by atoms with Crippen LogP contribution in [-0.4, -0.2) is 16.4 Å². The van der Waals surface area contributed by atoms with Gasteiger partial charge >= 0.3 is 0 Å². The third-order valence-corrected chi connectivity index (χ3v) is 4.98. The highest BCUT2D eigenvalue weighted by atomic mass is 79.9. The second-order valence-electron chi connectivity index (χ2n) is 6.06. The van der Waals surface area contributed by atoms with Crippen molar-refractivity contribution < 1.29 is 4.74 Å². The molecule has 1 aromatic heterocycles. The van der Waals surface area contributed by atoms with Crippen LogP contribution in [0.2, 0.25) is 0 Å². The number of para-hydroxylation sites is 1. The van der Waals surface area contributed by atoms with Gasteiger partial charge in [-0.3, -0.25) is 0 Å². The zero-order valence-corrected chi connectivity index (χ0v) is 16.6. The highest BCUT2D eigenvalue weighted by Crippen LogP contribution is 2.41. The largest absolute Gasteiger partial charge is 0.477 e. The lowest BCUT2D eigenvalue weighted by Gasteiger charge is -2.11. The molecule has 134 valence electrons. The minimum absolute atomic E-state index is 0.560. The average molecular weight is 419 g/mol. The molecule has 1 heterocycles. The van der Waals surface area contributed by atoms with Crippen LogP contribution >= 0.6 is 15.9 Å². The molecule has 0 spiro atoms. The molecule has 0 bridgehead atoms. The van der Waals surface area contributed by atoms with Crippen molar-refractivity contribution in [3.63, 3.8) is 0 Å². The first kappa shape index (κ1) is 17.6. The van der Waals surface area contributed by atoms with E-state index in [1.54, 1.807) is 0 Å². The van der Waals surface area contributed by atoms with Gasteiger partial charge in [0.25, 0.3) is 0 Å². The van der Waals surface area contributed by atoms with Gasteiger partial charge in [-0.2, -0.15) is 9.78 Å². The van der Waals surface area contributed by atoms with Gasteiger partial charge in [-0.25, -0.2) is 0 Å². The van der Waals surface area contributed by atoms with Crippen molar-refractivity contribution in [2.75, 3.05) is 6.61 Å². The summed E-state index contributed by atoms with van der Waals surface area (Å²) in [5, 5.41) is 4.97. The van der Waals surface area contributed by atoms with Crippen LogP contribution in [0.5, 0.6) is 5.88 Å². The summed E-state index contributed by atoms with van der Waals surface area (Å²) in [5.41, 5.74) is 4.99. The number of benzene rings is 3. The monoisotopic (exact) mass is 418 g/mol. The van der Waals surface area contributed by atoms with Crippen molar-refractivity contribution in [1.29, 1.82) is 0 Å². The lowest BCUT2D eigenvalue weighted by Crippen LogP contribution is -2.03. The molecule has 0 unspecified atom stereocenters. The number of hydrogen-bond donors (Lipinski definition) is 0. The first-order chi connectivity index (χ1) is 13.3. The van der Waals surface area contributed by atoms with Gasteiger partial charge < -0.3 is 4.74 Å². The Bertz CT molecular complexity index is 1040. The maximum absolute atomic E-state index is 6.11. The number of rotatable bonds is 5. The number of ether oxygens (including phenoxy) is 1. The zero-order valence-electron chi connectivity index (χ0n) is 15.0. The Hall–Kier alpha value is -2.85. The number of aromatic nitrogens is 2. The van der Waals surface area contributed by atoms with Crippen LogP contribution < -0.4 is 4.74 Å². The summed E-state index contributed by atoms with van der Waals surface area (Å²) in [6.45, 7) is 2.55. The van der Waals surface area contributed by atoms with E-state index in [9.17, 15) is 0 Å². The molecular weight excluding hydrogens is 400 g/mol. The molecule has 0 N–H and O–H groups in total. The summed E-state index contributed by atoms with van der Waals surface area (Å²) in [5.74, 6) is 0.745. The fraction of sp³-hybridized carbons (Fsp3) is 0.0870. The standard InChI is InChI=1S/C23H19BrN2O/c1-2-27-23-21(17-11-5-3-6-12-17)22(18-13-7-4-8-14-18)25-26(23)20-16-10-9-15-19(20)24/h3-16H,2H2,1H3. The molecular formula is C23H19BrN2O. The second-order valence-corrected chi connectivity index (χ2v) is 6.91. The third kappa shape index (κ3) is 3.40. The molecule has 0 aliphatic heterocycles. The van der Waals surface area contributed by atoms with Crippen molar-refractivity contribution in [1.82, 2.24) is 9.78 Å². The molecule has 4 aromatic rings. The normalized spacial score (nSPS) is 10.7. The molecule has 0 atom stereocenters. The smallest absolute Gasteiger partial charge is 0.225 e. The Morgan fingerprint density at radius 1 is 0.815 bits per heavy atom. The molecule has 0 aliphatic rings. The van der Waals surface area contributed by atoms with Crippen LogP contribution in [0.3, 0.4) is 0 Å². The maximum atomic E-state index is 6.11. The first-order valence-corrected chi connectivity index (χ1v) is 9.70. The third-order valence-electron chi connectivity index (χ3n) is 4.31. The number of halogens is 1. The molecule has 0 saturated heterocycles. The Kier molecular flexibility index (Phi) is 5.07. The Morgan fingerprint density at radius 3 is 2.04 bits per heavy atom. The molecule has 27 heavy (non-hydrogen) atoms. The lowest BCUT2D eigenvalue weighted by atomic mass is 10.0. The van der Waals surface area contributed by atoms with Gasteiger partial charge in [0.05, 0.1) is 17.9 Å². The minimum atomic E-state index is 0.560. The fourth-order valence-electron chi connectivity index (χ4n) is 3.12. The van der Waals surface area contributed by atoms with E-state index in [4.69, 9.17) is 9.84 Å². The summed E-state index contributed by atoms with van der Waals surface area (Å²) in [7, 11) is 0. The van der Waals surface area contributed by atoms with E-state index in [0.29, 0.717) is 6.61 Å². The Balaban J connectivity index is 2.04. The van der Waals surface area contributed by atoms with Gasteiger partial charge in [-0.1, -0.05) is 72.8 Å². The highest BCUT2D eigenvalue weighted by molar-refractivity contribution is 9.10. The average Bonchev–Trinajstić information content (AvgIpc) is 3.09. The zero-order chi connectivity index (χ0) is 18.6. The van der Waals surface area contributed by atoms with Gasteiger partial charge in [0.1, 0.15) is 5.69 Å². The predicted octanol–water partition coefficient (Wildman–Crippen LogP) is 6.37. The summed E-state index contributed by atoms with van der Waals surface area (Å²) < 4.78 is 8.97. The van der Waals surface area contributed by atoms with E-state index in [-0.39, 0.29) is 0 Å². The van der Waals surface area contributed by atoms with E-state index in [0.717, 1.165) is 38.4 Å². The predicted molar refractivity (Wildman–Crippen MR) is 113 cm³/mol. The Labute approximate surface area is 167 Å². The summed E-state index contributed by atoms with van der Waals surface area (Å²) in [4.78, 5) is 0. The fourth-order valence-corrected chi connectivity index (χ4v) is 3.58. The second kappa shape index (κ2) is 7.80. The van der Waals surface area contributed by atoms with Crippen LogP contribution in [0.4, 0.5) is 0 Å². The van der Waals surface area contributed by atoms with E-state index >= 15 is 0 Å². The highest BCUT2D eigenvalue weighted by Gasteiger charge is 2.23. The number of nitrogens with zero attached hydrogens (tertiary/aromatic N) is 2. The van der Waals surface area contributed by atoms with Crippen LogP contribution in [0.15, 0.2) is 89.4 Å². The van der Waals surface area contributed by atoms with E-state index in [1.165, 1.54) is 0 Å². The van der Waals surface area contributed by atoms with Gasteiger partial charge in [0.2, 0.25) is 5.88 Å². The van der Waals surface area contributed by atoms with Crippen molar-refractivity contribution >= 4 is 15.9 Å². The minimum Gasteiger partial charge on any atom is -0.477 e. The van der Waals surface area contributed by atoms with Crippen molar-refractivity contribution in [3.8, 4) is 34.0 Å². The molecule has 0 fully saturated rings. The number of hydrogen-bond acceptors (Lipinski definition) is 2. The lowest BCUT2D eigenvalue weighted by molar-refractivity contribution is 0.318. The molecule has 0 radical (unpaired) electrons. The SMILES string of the molecule is CCOc1c(-c2ccccc2)c(-c2ccccc2)nn1-c1ccccc1Br. The van der Waals surface area contributed by atoms with Crippen molar-refractivity contribution in [3.05, 3.63) is 89.4 Å². The van der Waals surface area contributed by atoms with E-state index in [1.807, 2.05) is 72.3 Å². The van der Waals surface area contributed by atoms with E-state index < -0.39 is 0 Å². The van der Waals surface area contributed by atoms with Gasteiger partial charge in [0, 0.05) is 10.0 Å². The molecule has 4 rings (SSSR count). The molecule has 0 amide bonds. The molecule has 3 aromatic carbocycles. The molecule has 0 saturated carbocycles. The van der Waals surface area contributed by atoms with Crippen LogP contribution in [0.1, 0.15) is 6.92 Å². The van der Waals surface area contributed by atoms with Crippen LogP contribution in [-0.2, 0) is 0 Å². The molecule has 0 aliphatic carbocycles. The van der Waals surface area contributed by atoms with Crippen LogP contribution in [0.25, 0.3) is 28.1 Å². The first-order valence-electron chi connectivity index (χ1n) is 8.91. The topological polar surface area (TPSA) is 27.1 Å². The summed E-state index contributed by atoms with van der Waals surface area (Å²) in [6.07, 6.45) is 0. The van der Waals surface area contributed by atoms with Gasteiger partial charge in [-0.15, -0.1) is 0 Å². The van der Waals surface area contributed by atoms with Crippen molar-refractivity contribution in [2.24, 2.45) is 0 Å². The quantitative estimate of drug-likeness (QED) is 0.376. The Morgan fingerprint density at radius 2 is 1.41 bits per heavy atom. The maximum Gasteiger partial charge on any atom is 0.225 e. The summed E-state index contributed by atoms with van der Waals surface area (Å²) >= 11 is 3.65. The summed E-state index contributed by atoms with van der Waals surface area (Å²) in [6, 6.07) is 28.5. The van der Waals surface area contributed by atoms with Crippen LogP contribution in [0, 0.1) is 0 Å². The molecule has 3 nitrogen and oxygen atoms in total. The van der Waals surface area contributed by atoms with Crippen molar-refractivity contribution in [2.45, 2.75) is 6.92 Å². The van der Waals surface area contributed by atoms with E-state index in [2.05, 4.69) is 40.2 Å².